The van der Waals surface area contributed by atoms with E-state index in [1.165, 1.54) is 0 Å². The minimum Gasteiger partial charge on any atom is -0.490 e. The van der Waals surface area contributed by atoms with Crippen LogP contribution < -0.4 is 15.6 Å². The van der Waals surface area contributed by atoms with Crippen molar-refractivity contribution in [2.24, 2.45) is 0 Å². The summed E-state index contributed by atoms with van der Waals surface area (Å²) in [7, 11) is 0. The Morgan fingerprint density at radius 1 is 1.30 bits per heavy atom. The third-order valence-corrected chi connectivity index (χ3v) is 4.56. The molecule has 144 valence electrons. The van der Waals surface area contributed by atoms with E-state index in [1.807, 2.05) is 32.0 Å². The number of pyridine rings is 1. The van der Waals surface area contributed by atoms with Gasteiger partial charge in [0.05, 0.1) is 6.04 Å². The first-order valence-electron chi connectivity index (χ1n) is 8.57. The molecule has 27 heavy (non-hydrogen) atoms. The third kappa shape index (κ3) is 3.99. The lowest BCUT2D eigenvalue weighted by Gasteiger charge is -2.32. The number of benzene rings is 1. The number of carbonyl (C=O) groups excluding carboxylic acids is 1. The number of fused-ring (bicyclic) bond motifs is 1. The first-order valence-corrected chi connectivity index (χ1v) is 8.57. The molecule has 1 amide bonds. The molecule has 1 aliphatic rings. The Morgan fingerprint density at radius 3 is 2.67 bits per heavy atom. The van der Waals surface area contributed by atoms with Crippen molar-refractivity contribution in [1.82, 2.24) is 10.3 Å². The molecule has 0 bridgehead atoms. The highest BCUT2D eigenvalue weighted by atomic mass is 19.4. The van der Waals surface area contributed by atoms with E-state index in [2.05, 4.69) is 5.32 Å². The van der Waals surface area contributed by atoms with Crippen molar-refractivity contribution in [3.8, 4) is 5.75 Å². The van der Waals surface area contributed by atoms with Crippen molar-refractivity contribution in [2.45, 2.75) is 45.0 Å². The van der Waals surface area contributed by atoms with Gasteiger partial charge in [0, 0.05) is 12.0 Å². The van der Waals surface area contributed by atoms with Gasteiger partial charge in [-0.05, 0) is 37.1 Å². The van der Waals surface area contributed by atoms with Crippen LogP contribution in [-0.4, -0.2) is 17.0 Å². The number of ether oxygens (including phenoxy) is 1. The lowest BCUT2D eigenvalue weighted by atomic mass is 9.94. The largest absolute Gasteiger partial charge is 0.490 e. The summed E-state index contributed by atoms with van der Waals surface area (Å²) >= 11 is 0. The molecule has 0 aliphatic carbocycles. The molecule has 0 fully saturated rings. The molecule has 1 aromatic heterocycles. The Morgan fingerprint density at radius 2 is 2.04 bits per heavy atom. The minimum atomic E-state index is -4.68. The van der Waals surface area contributed by atoms with Crippen LogP contribution in [0.4, 0.5) is 13.2 Å². The molecule has 2 aromatic rings. The van der Waals surface area contributed by atoms with Crippen molar-refractivity contribution in [3.63, 3.8) is 0 Å². The number of aromatic nitrogens is 1. The zero-order chi connectivity index (χ0) is 19.8. The summed E-state index contributed by atoms with van der Waals surface area (Å²) in [5.74, 6) is -0.0574. The van der Waals surface area contributed by atoms with Gasteiger partial charge in [-0.25, -0.2) is 0 Å². The van der Waals surface area contributed by atoms with Crippen LogP contribution in [0.25, 0.3) is 0 Å². The van der Waals surface area contributed by atoms with E-state index >= 15 is 0 Å². The second-order valence-electron chi connectivity index (χ2n) is 6.56. The number of H-pyrrole nitrogens is 1. The van der Waals surface area contributed by atoms with E-state index in [4.69, 9.17) is 4.74 Å². The molecule has 0 saturated heterocycles. The van der Waals surface area contributed by atoms with Gasteiger partial charge in [0.2, 0.25) is 0 Å². The molecule has 1 aromatic carbocycles. The van der Waals surface area contributed by atoms with Gasteiger partial charge >= 0.3 is 6.18 Å². The highest BCUT2D eigenvalue weighted by Crippen LogP contribution is 2.36. The van der Waals surface area contributed by atoms with Crippen LogP contribution in [0, 0.1) is 6.92 Å². The maximum absolute atomic E-state index is 12.7. The number of aromatic amines is 1. The van der Waals surface area contributed by atoms with E-state index in [9.17, 15) is 22.8 Å². The Labute approximate surface area is 153 Å². The molecule has 2 unspecified atom stereocenters. The highest BCUT2D eigenvalue weighted by molar-refractivity contribution is 5.94. The third-order valence-electron chi connectivity index (χ3n) is 4.56. The van der Waals surface area contributed by atoms with Crippen molar-refractivity contribution < 1.29 is 22.7 Å². The number of alkyl halides is 3. The van der Waals surface area contributed by atoms with E-state index < -0.39 is 29.4 Å². The number of rotatable bonds is 3. The number of hydrogen-bond acceptors (Lipinski definition) is 3. The SMILES string of the molecule is CCC1CC(NC(=O)c2ccc(C(F)(F)F)[nH]c2=O)c2ccc(C)cc2O1. The predicted molar refractivity (Wildman–Crippen MR) is 92.8 cm³/mol. The Bertz CT molecular complexity index is 921. The van der Waals surface area contributed by atoms with Crippen molar-refractivity contribution in [2.75, 3.05) is 0 Å². The van der Waals surface area contributed by atoms with Gasteiger partial charge in [-0.2, -0.15) is 13.2 Å². The maximum atomic E-state index is 12.7. The number of amides is 1. The van der Waals surface area contributed by atoms with Crippen LogP contribution >= 0.6 is 0 Å². The summed E-state index contributed by atoms with van der Waals surface area (Å²) in [6.07, 6.45) is -3.53. The smallest absolute Gasteiger partial charge is 0.431 e. The molecule has 3 rings (SSSR count). The number of aryl methyl sites for hydroxylation is 1. The number of hydrogen-bond donors (Lipinski definition) is 2. The van der Waals surface area contributed by atoms with Crippen LogP contribution in [0.5, 0.6) is 5.75 Å². The molecule has 1 aliphatic heterocycles. The second-order valence-corrected chi connectivity index (χ2v) is 6.56. The zero-order valence-corrected chi connectivity index (χ0v) is 14.8. The van der Waals surface area contributed by atoms with Crippen molar-refractivity contribution in [1.29, 1.82) is 0 Å². The fraction of sp³-hybridized carbons (Fsp3) is 0.368. The monoisotopic (exact) mass is 380 g/mol. The predicted octanol–water partition coefficient (Wildman–Crippen LogP) is 3.73. The number of carbonyl (C=O) groups is 1. The Hall–Kier alpha value is -2.77. The first kappa shape index (κ1) is 19.0. The molecule has 0 saturated carbocycles. The summed E-state index contributed by atoms with van der Waals surface area (Å²) in [5, 5.41) is 2.75. The van der Waals surface area contributed by atoms with E-state index in [1.54, 1.807) is 4.98 Å². The topological polar surface area (TPSA) is 71.2 Å². The molecule has 2 atom stereocenters. The Balaban J connectivity index is 1.87. The van der Waals surface area contributed by atoms with Crippen LogP contribution in [0.3, 0.4) is 0 Å². The standard InChI is InChI=1S/C19H19F3N2O3/c1-3-11-9-14(12-5-4-10(2)8-15(12)27-11)23-17(25)13-6-7-16(19(20,21)22)24-18(13)26/h4-8,11,14H,3,9H2,1-2H3,(H,23,25)(H,24,26). The fourth-order valence-electron chi connectivity index (χ4n) is 3.09. The van der Waals surface area contributed by atoms with Crippen LogP contribution in [-0.2, 0) is 6.18 Å². The van der Waals surface area contributed by atoms with Crippen LogP contribution in [0.15, 0.2) is 35.1 Å². The highest BCUT2D eigenvalue weighted by Gasteiger charge is 2.33. The van der Waals surface area contributed by atoms with Gasteiger partial charge < -0.3 is 15.0 Å². The molecule has 2 heterocycles. The number of nitrogens with one attached hydrogen (secondary N) is 2. The summed E-state index contributed by atoms with van der Waals surface area (Å²) in [5.41, 5.74) is -0.847. The minimum absolute atomic E-state index is 0.101. The van der Waals surface area contributed by atoms with Gasteiger partial charge in [0.1, 0.15) is 23.1 Å². The van der Waals surface area contributed by atoms with E-state index in [0.717, 1.165) is 23.6 Å². The Kier molecular flexibility index (Phi) is 4.99. The van der Waals surface area contributed by atoms with E-state index in [-0.39, 0.29) is 11.7 Å². The molecular weight excluding hydrogens is 361 g/mol. The van der Waals surface area contributed by atoms with Gasteiger partial charge in [-0.1, -0.05) is 19.1 Å². The normalized spacial score (nSPS) is 19.1. The lowest BCUT2D eigenvalue weighted by molar-refractivity contribution is -0.141. The van der Waals surface area contributed by atoms with E-state index in [0.29, 0.717) is 18.2 Å². The average Bonchev–Trinajstić information content (AvgIpc) is 2.60. The molecular formula is C19H19F3N2O3. The number of halogens is 3. The lowest BCUT2D eigenvalue weighted by Crippen LogP contribution is -2.38. The van der Waals surface area contributed by atoms with Gasteiger partial charge in [-0.3, -0.25) is 9.59 Å². The summed E-state index contributed by atoms with van der Waals surface area (Å²) in [6.45, 7) is 3.89. The first-order chi connectivity index (χ1) is 12.7. The summed E-state index contributed by atoms with van der Waals surface area (Å²) < 4.78 is 43.9. The molecule has 0 radical (unpaired) electrons. The zero-order valence-electron chi connectivity index (χ0n) is 14.8. The van der Waals surface area contributed by atoms with Gasteiger partial charge in [0.25, 0.3) is 11.5 Å². The van der Waals surface area contributed by atoms with Crippen molar-refractivity contribution in [3.05, 3.63) is 63.1 Å². The van der Waals surface area contributed by atoms with Gasteiger partial charge in [-0.15, -0.1) is 0 Å². The maximum Gasteiger partial charge on any atom is 0.431 e. The molecule has 0 spiro atoms. The van der Waals surface area contributed by atoms with Crippen LogP contribution in [0.1, 0.15) is 53.0 Å². The molecule has 5 nitrogen and oxygen atoms in total. The average molecular weight is 380 g/mol. The molecule has 8 heteroatoms. The fourth-order valence-corrected chi connectivity index (χ4v) is 3.09. The second kappa shape index (κ2) is 7.09. The van der Waals surface area contributed by atoms with Gasteiger partial charge in [0.15, 0.2) is 0 Å². The summed E-state index contributed by atoms with van der Waals surface area (Å²) in [4.78, 5) is 26.2. The quantitative estimate of drug-likeness (QED) is 0.852. The summed E-state index contributed by atoms with van der Waals surface area (Å²) in [6, 6.07) is 6.79. The molecule has 2 N–H and O–H groups in total. The van der Waals surface area contributed by atoms with Crippen LogP contribution in [0.2, 0.25) is 0 Å². The van der Waals surface area contributed by atoms with Crippen molar-refractivity contribution >= 4 is 5.91 Å².